The highest BCUT2D eigenvalue weighted by Gasteiger charge is 1.98. The molecule has 1 aromatic rings. The molecule has 1 rings (SSSR count). The van der Waals surface area contributed by atoms with E-state index in [1.807, 2.05) is 6.92 Å². The average molecular weight is 161 g/mol. The van der Waals surface area contributed by atoms with E-state index in [1.165, 1.54) is 5.56 Å². The van der Waals surface area contributed by atoms with Gasteiger partial charge >= 0.3 is 0 Å². The number of pyridine rings is 1. The van der Waals surface area contributed by atoms with Crippen LogP contribution in [0.15, 0.2) is 18.7 Å². The van der Waals surface area contributed by atoms with Crippen LogP contribution in [0, 0.1) is 6.92 Å². The fraction of sp³-hybridized carbons (Fsp3) is 0.364. The first kappa shape index (κ1) is 8.98. The van der Waals surface area contributed by atoms with Crippen LogP contribution >= 0.6 is 0 Å². The van der Waals surface area contributed by atoms with E-state index < -0.39 is 0 Å². The summed E-state index contributed by atoms with van der Waals surface area (Å²) in [4.78, 5) is 4.45. The van der Waals surface area contributed by atoms with Gasteiger partial charge in [0.15, 0.2) is 0 Å². The Morgan fingerprint density at radius 2 is 2.17 bits per heavy atom. The summed E-state index contributed by atoms with van der Waals surface area (Å²) < 4.78 is 0. The highest BCUT2D eigenvalue weighted by atomic mass is 14.7. The minimum absolute atomic E-state index is 0.988. The van der Waals surface area contributed by atoms with Crippen LogP contribution in [0.25, 0.3) is 5.57 Å². The standard InChI is InChI=1S/C11H15N/c1-5-10-6-9(4)7-11(12-10)8(2)3/h6-7H,2,5H2,1,3-4H3. The largest absolute Gasteiger partial charge is 0.253 e. The van der Waals surface area contributed by atoms with Gasteiger partial charge in [-0.1, -0.05) is 13.5 Å². The number of hydrogen-bond acceptors (Lipinski definition) is 1. The molecule has 0 bridgehead atoms. The number of aromatic nitrogens is 1. The Hall–Kier alpha value is -1.11. The maximum absolute atomic E-state index is 4.45. The summed E-state index contributed by atoms with van der Waals surface area (Å²) in [5.41, 5.74) is 4.47. The molecular weight excluding hydrogens is 146 g/mol. The molecule has 0 saturated heterocycles. The van der Waals surface area contributed by atoms with Gasteiger partial charge in [-0.2, -0.15) is 0 Å². The van der Waals surface area contributed by atoms with Gasteiger partial charge in [0, 0.05) is 5.69 Å². The van der Waals surface area contributed by atoms with Crippen LogP contribution < -0.4 is 0 Å². The first-order valence-electron chi connectivity index (χ1n) is 4.27. The fourth-order valence-electron chi connectivity index (χ4n) is 1.14. The predicted molar refractivity (Wildman–Crippen MR) is 53.1 cm³/mol. The summed E-state index contributed by atoms with van der Waals surface area (Å²) in [5.74, 6) is 0. The monoisotopic (exact) mass is 161 g/mol. The molecule has 0 spiro atoms. The smallest absolute Gasteiger partial charge is 0.0658 e. The second kappa shape index (κ2) is 3.53. The molecule has 0 atom stereocenters. The normalized spacial score (nSPS) is 9.92. The molecule has 0 aliphatic carbocycles. The van der Waals surface area contributed by atoms with Crippen LogP contribution in [0.1, 0.15) is 30.8 Å². The summed E-state index contributed by atoms with van der Waals surface area (Å²) >= 11 is 0. The van der Waals surface area contributed by atoms with Gasteiger partial charge in [0.2, 0.25) is 0 Å². The Morgan fingerprint density at radius 1 is 1.50 bits per heavy atom. The quantitative estimate of drug-likeness (QED) is 0.649. The van der Waals surface area contributed by atoms with Crippen molar-refractivity contribution >= 4 is 5.57 Å². The molecule has 1 nitrogen and oxygen atoms in total. The highest BCUT2D eigenvalue weighted by Crippen LogP contribution is 2.12. The Morgan fingerprint density at radius 3 is 2.67 bits per heavy atom. The summed E-state index contributed by atoms with van der Waals surface area (Å²) in [6.07, 6.45) is 0.988. The molecule has 0 aromatic carbocycles. The van der Waals surface area contributed by atoms with E-state index in [9.17, 15) is 0 Å². The van der Waals surface area contributed by atoms with E-state index in [1.54, 1.807) is 0 Å². The van der Waals surface area contributed by atoms with Crippen LogP contribution in [0.2, 0.25) is 0 Å². The molecule has 0 saturated carbocycles. The van der Waals surface area contributed by atoms with Crippen LogP contribution in [-0.4, -0.2) is 4.98 Å². The van der Waals surface area contributed by atoms with E-state index in [0.717, 1.165) is 23.4 Å². The van der Waals surface area contributed by atoms with E-state index in [-0.39, 0.29) is 0 Å². The third-order valence-electron chi connectivity index (χ3n) is 1.82. The van der Waals surface area contributed by atoms with Crippen molar-refractivity contribution in [1.29, 1.82) is 0 Å². The molecular formula is C11H15N. The van der Waals surface area contributed by atoms with Crippen molar-refractivity contribution < 1.29 is 0 Å². The molecule has 12 heavy (non-hydrogen) atoms. The molecule has 0 unspecified atom stereocenters. The molecule has 64 valence electrons. The zero-order valence-corrected chi connectivity index (χ0v) is 8.02. The lowest BCUT2D eigenvalue weighted by molar-refractivity contribution is 1.01. The third-order valence-corrected chi connectivity index (χ3v) is 1.82. The second-order valence-corrected chi connectivity index (χ2v) is 3.15. The molecule has 1 heteroatoms. The number of rotatable bonds is 2. The van der Waals surface area contributed by atoms with Crippen LogP contribution in [0.3, 0.4) is 0 Å². The lowest BCUT2D eigenvalue weighted by Crippen LogP contribution is -1.93. The van der Waals surface area contributed by atoms with Crippen molar-refractivity contribution in [3.05, 3.63) is 35.7 Å². The average Bonchev–Trinajstić information content (AvgIpc) is 2.03. The number of nitrogens with zero attached hydrogens (tertiary/aromatic N) is 1. The van der Waals surface area contributed by atoms with Gasteiger partial charge in [-0.3, -0.25) is 4.98 Å². The lowest BCUT2D eigenvalue weighted by atomic mass is 10.1. The molecule has 0 amide bonds. The zero-order valence-electron chi connectivity index (χ0n) is 8.02. The van der Waals surface area contributed by atoms with Crippen LogP contribution in [0.5, 0.6) is 0 Å². The first-order valence-corrected chi connectivity index (χ1v) is 4.27. The van der Waals surface area contributed by atoms with Crippen molar-refractivity contribution in [2.75, 3.05) is 0 Å². The first-order chi connectivity index (χ1) is 5.63. The topological polar surface area (TPSA) is 12.9 Å². The minimum atomic E-state index is 0.988. The van der Waals surface area contributed by atoms with Crippen LogP contribution in [-0.2, 0) is 6.42 Å². The Labute approximate surface area is 74.2 Å². The van der Waals surface area contributed by atoms with Gasteiger partial charge in [-0.15, -0.1) is 0 Å². The van der Waals surface area contributed by atoms with Crippen molar-refractivity contribution in [2.24, 2.45) is 0 Å². The second-order valence-electron chi connectivity index (χ2n) is 3.15. The molecule has 1 heterocycles. The van der Waals surface area contributed by atoms with Gasteiger partial charge in [0.05, 0.1) is 5.69 Å². The Bertz CT molecular complexity index is 300. The fourth-order valence-corrected chi connectivity index (χ4v) is 1.14. The maximum atomic E-state index is 4.45. The van der Waals surface area contributed by atoms with Gasteiger partial charge in [-0.25, -0.2) is 0 Å². The van der Waals surface area contributed by atoms with Gasteiger partial charge in [0.25, 0.3) is 0 Å². The molecule has 0 aliphatic heterocycles. The van der Waals surface area contributed by atoms with Crippen molar-refractivity contribution in [3.8, 4) is 0 Å². The number of hydrogen-bond donors (Lipinski definition) is 0. The molecule has 0 fully saturated rings. The highest BCUT2D eigenvalue weighted by molar-refractivity contribution is 5.58. The summed E-state index contributed by atoms with van der Waals surface area (Å²) in [7, 11) is 0. The summed E-state index contributed by atoms with van der Waals surface area (Å²) in [5, 5.41) is 0. The molecule has 1 aromatic heterocycles. The minimum Gasteiger partial charge on any atom is -0.253 e. The predicted octanol–water partition coefficient (Wildman–Crippen LogP) is 2.99. The zero-order chi connectivity index (χ0) is 9.14. The lowest BCUT2D eigenvalue weighted by Gasteiger charge is -2.03. The number of allylic oxidation sites excluding steroid dienone is 1. The summed E-state index contributed by atoms with van der Waals surface area (Å²) in [6, 6.07) is 4.19. The molecule has 0 N–H and O–H groups in total. The maximum Gasteiger partial charge on any atom is 0.0658 e. The van der Waals surface area contributed by atoms with E-state index in [0.29, 0.717) is 0 Å². The molecule has 0 radical (unpaired) electrons. The van der Waals surface area contributed by atoms with Crippen molar-refractivity contribution in [2.45, 2.75) is 27.2 Å². The Kier molecular flexibility index (Phi) is 2.64. The van der Waals surface area contributed by atoms with E-state index in [2.05, 4.69) is 37.5 Å². The SMILES string of the molecule is C=C(C)c1cc(C)cc(CC)n1. The third kappa shape index (κ3) is 1.94. The van der Waals surface area contributed by atoms with Crippen LogP contribution in [0.4, 0.5) is 0 Å². The Balaban J connectivity index is 3.15. The van der Waals surface area contributed by atoms with E-state index >= 15 is 0 Å². The van der Waals surface area contributed by atoms with E-state index in [4.69, 9.17) is 0 Å². The van der Waals surface area contributed by atoms with Gasteiger partial charge in [0.1, 0.15) is 0 Å². The summed E-state index contributed by atoms with van der Waals surface area (Å²) in [6.45, 7) is 10.1. The van der Waals surface area contributed by atoms with Gasteiger partial charge in [-0.05, 0) is 43.5 Å². The number of aryl methyl sites for hydroxylation is 2. The van der Waals surface area contributed by atoms with Gasteiger partial charge < -0.3 is 0 Å². The molecule has 0 aliphatic rings. The van der Waals surface area contributed by atoms with Crippen molar-refractivity contribution in [3.63, 3.8) is 0 Å². The van der Waals surface area contributed by atoms with Crippen molar-refractivity contribution in [1.82, 2.24) is 4.98 Å².